The summed E-state index contributed by atoms with van der Waals surface area (Å²) in [6, 6.07) is 13.5. The molecule has 0 bridgehead atoms. The van der Waals surface area contributed by atoms with E-state index in [0.717, 1.165) is 5.56 Å². The molecule has 3 rings (SSSR count). The highest BCUT2D eigenvalue weighted by atomic mass is 35.5. The van der Waals surface area contributed by atoms with Crippen molar-refractivity contribution >= 4 is 46.6 Å². The molecule has 27 heavy (non-hydrogen) atoms. The lowest BCUT2D eigenvalue weighted by molar-refractivity contribution is 0.102. The van der Waals surface area contributed by atoms with E-state index >= 15 is 0 Å². The minimum atomic E-state index is -0.403. The summed E-state index contributed by atoms with van der Waals surface area (Å²) >= 11 is 13.7. The second kappa shape index (κ2) is 8.74. The van der Waals surface area contributed by atoms with E-state index < -0.39 is 5.91 Å². The molecule has 3 aromatic rings. The maximum atomic E-state index is 12.6. The smallest absolute Gasteiger partial charge is 0.275 e. The maximum Gasteiger partial charge on any atom is 0.275 e. The van der Waals surface area contributed by atoms with Crippen molar-refractivity contribution in [1.29, 1.82) is 0 Å². The number of hydrogen-bond donors (Lipinski definition) is 1. The molecule has 0 aliphatic heterocycles. The third kappa shape index (κ3) is 5.22. The van der Waals surface area contributed by atoms with Crippen LogP contribution in [0.2, 0.25) is 10.0 Å². The van der Waals surface area contributed by atoms with Crippen molar-refractivity contribution in [1.82, 2.24) is 9.97 Å². The number of amides is 1. The van der Waals surface area contributed by atoms with Crippen LogP contribution in [0.25, 0.3) is 0 Å². The lowest BCUT2D eigenvalue weighted by atomic mass is 10.2. The molecule has 1 amide bonds. The Hall–Kier alpha value is -2.08. The number of benzene rings is 2. The van der Waals surface area contributed by atoms with E-state index in [9.17, 15) is 4.79 Å². The van der Waals surface area contributed by atoms with Crippen molar-refractivity contribution in [2.45, 2.75) is 24.8 Å². The van der Waals surface area contributed by atoms with Crippen molar-refractivity contribution < 1.29 is 4.79 Å². The summed E-state index contributed by atoms with van der Waals surface area (Å²) < 4.78 is 0. The average Bonchev–Trinajstić information content (AvgIpc) is 2.64. The van der Waals surface area contributed by atoms with Crippen LogP contribution in [0.1, 0.15) is 27.2 Å². The van der Waals surface area contributed by atoms with E-state index in [1.54, 1.807) is 12.1 Å². The summed E-state index contributed by atoms with van der Waals surface area (Å²) in [5.74, 6) is 0.303. The minimum absolute atomic E-state index is 0.134. The Morgan fingerprint density at radius 3 is 2.67 bits per heavy atom. The van der Waals surface area contributed by atoms with Crippen LogP contribution in [0.5, 0.6) is 0 Å². The van der Waals surface area contributed by atoms with Crippen LogP contribution >= 0.6 is 35.0 Å². The first-order valence-electron chi connectivity index (χ1n) is 8.21. The zero-order chi connectivity index (χ0) is 19.4. The van der Waals surface area contributed by atoms with Crippen LogP contribution in [-0.2, 0) is 5.75 Å². The number of carbonyl (C=O) groups is 1. The highest BCUT2D eigenvalue weighted by Gasteiger charge is 2.15. The highest BCUT2D eigenvalue weighted by molar-refractivity contribution is 7.98. The molecule has 0 saturated carbocycles. The molecule has 4 nitrogen and oxygen atoms in total. The van der Waals surface area contributed by atoms with Gasteiger partial charge >= 0.3 is 0 Å². The molecule has 0 atom stereocenters. The van der Waals surface area contributed by atoms with Gasteiger partial charge < -0.3 is 5.32 Å². The van der Waals surface area contributed by atoms with Gasteiger partial charge in [0.25, 0.3) is 5.91 Å². The molecule has 2 aromatic carbocycles. The first-order valence-corrected chi connectivity index (χ1v) is 9.95. The van der Waals surface area contributed by atoms with Gasteiger partial charge in [-0.3, -0.25) is 4.79 Å². The van der Waals surface area contributed by atoms with E-state index in [2.05, 4.69) is 21.4 Å². The fourth-order valence-corrected chi connectivity index (χ4v) is 3.51. The Bertz CT molecular complexity index is 995. The van der Waals surface area contributed by atoms with Gasteiger partial charge in [-0.2, -0.15) is 0 Å². The number of nitrogens with zero attached hydrogens (tertiary/aromatic N) is 2. The number of aryl methyl sites for hydroxylation is 2. The average molecular weight is 418 g/mol. The predicted molar refractivity (Wildman–Crippen MR) is 112 cm³/mol. The molecule has 0 aliphatic carbocycles. The van der Waals surface area contributed by atoms with Crippen LogP contribution in [-0.4, -0.2) is 15.9 Å². The lowest BCUT2D eigenvalue weighted by Gasteiger charge is -2.09. The fraction of sp³-hybridized carbons (Fsp3) is 0.150. The van der Waals surface area contributed by atoms with Crippen LogP contribution in [0.4, 0.5) is 5.69 Å². The number of anilines is 1. The highest BCUT2D eigenvalue weighted by Crippen LogP contribution is 2.24. The molecule has 0 radical (unpaired) electrons. The number of halogens is 2. The molecule has 7 heteroatoms. The van der Waals surface area contributed by atoms with Gasteiger partial charge in [0.1, 0.15) is 0 Å². The lowest BCUT2D eigenvalue weighted by Crippen LogP contribution is -2.15. The molecule has 1 heterocycles. The molecule has 0 unspecified atom stereocenters. The van der Waals surface area contributed by atoms with Gasteiger partial charge in [0, 0.05) is 16.5 Å². The predicted octanol–water partition coefficient (Wildman–Crippen LogP) is 5.94. The van der Waals surface area contributed by atoms with Crippen LogP contribution in [0.3, 0.4) is 0 Å². The van der Waals surface area contributed by atoms with Gasteiger partial charge in [-0.25, -0.2) is 9.97 Å². The SMILES string of the molecule is Cc1cccc(CSc2ncc(Cl)c(C(=O)Nc3ccc(C)c(Cl)c3)n2)c1. The van der Waals surface area contributed by atoms with E-state index in [-0.39, 0.29) is 10.7 Å². The Balaban J connectivity index is 1.74. The summed E-state index contributed by atoms with van der Waals surface area (Å²) in [5, 5.41) is 4.04. The number of nitrogens with one attached hydrogen (secondary N) is 1. The summed E-state index contributed by atoms with van der Waals surface area (Å²) in [5.41, 5.74) is 4.01. The first-order chi connectivity index (χ1) is 12.9. The topological polar surface area (TPSA) is 54.9 Å². The second-order valence-corrected chi connectivity index (χ2v) is 7.80. The molecule has 0 spiro atoms. The molecule has 0 saturated heterocycles. The summed E-state index contributed by atoms with van der Waals surface area (Å²) in [4.78, 5) is 21.1. The van der Waals surface area contributed by atoms with E-state index in [0.29, 0.717) is 21.6 Å². The standard InChI is InChI=1S/C20H17Cl2N3OS/c1-12-4-3-5-14(8-12)11-27-20-23-10-17(22)18(25-20)19(26)24-15-7-6-13(2)16(21)9-15/h3-10H,11H2,1-2H3,(H,24,26). The second-order valence-electron chi connectivity index (χ2n) is 6.04. The first kappa shape index (κ1) is 19.7. The summed E-state index contributed by atoms with van der Waals surface area (Å²) in [7, 11) is 0. The Labute approximate surface area is 172 Å². The molecular formula is C20H17Cl2N3OS. The van der Waals surface area contributed by atoms with Crippen molar-refractivity contribution in [3.8, 4) is 0 Å². The summed E-state index contributed by atoms with van der Waals surface area (Å²) in [6.07, 6.45) is 1.45. The molecular weight excluding hydrogens is 401 g/mol. The van der Waals surface area contributed by atoms with E-state index in [1.165, 1.54) is 29.1 Å². The zero-order valence-corrected chi connectivity index (χ0v) is 17.1. The Kier molecular flexibility index (Phi) is 6.37. The summed E-state index contributed by atoms with van der Waals surface area (Å²) in [6.45, 7) is 3.94. The molecule has 138 valence electrons. The van der Waals surface area contributed by atoms with E-state index in [4.69, 9.17) is 23.2 Å². The quantitative estimate of drug-likeness (QED) is 0.411. The van der Waals surface area contributed by atoms with Gasteiger partial charge in [-0.05, 0) is 37.1 Å². The van der Waals surface area contributed by atoms with Gasteiger partial charge in [-0.15, -0.1) is 0 Å². The number of hydrogen-bond acceptors (Lipinski definition) is 4. The molecule has 1 aromatic heterocycles. The van der Waals surface area contributed by atoms with Gasteiger partial charge in [0.05, 0.1) is 11.2 Å². The maximum absolute atomic E-state index is 12.6. The normalized spacial score (nSPS) is 10.7. The van der Waals surface area contributed by atoms with Crippen LogP contribution in [0.15, 0.2) is 53.8 Å². The number of thioether (sulfide) groups is 1. The molecule has 0 fully saturated rings. The minimum Gasteiger partial charge on any atom is -0.321 e. The van der Waals surface area contributed by atoms with Crippen LogP contribution in [0, 0.1) is 13.8 Å². The third-order valence-electron chi connectivity index (χ3n) is 3.82. The van der Waals surface area contributed by atoms with Crippen LogP contribution < -0.4 is 5.32 Å². The zero-order valence-electron chi connectivity index (χ0n) is 14.8. The fourth-order valence-electron chi connectivity index (χ4n) is 2.39. The van der Waals surface area contributed by atoms with Crippen molar-refractivity contribution in [3.63, 3.8) is 0 Å². The Morgan fingerprint density at radius 1 is 1.11 bits per heavy atom. The van der Waals surface area contributed by atoms with E-state index in [1.807, 2.05) is 38.1 Å². The van der Waals surface area contributed by atoms with Gasteiger partial charge in [-0.1, -0.05) is 70.9 Å². The largest absolute Gasteiger partial charge is 0.321 e. The monoisotopic (exact) mass is 417 g/mol. The van der Waals surface area contributed by atoms with Crippen molar-refractivity contribution in [2.75, 3.05) is 5.32 Å². The van der Waals surface area contributed by atoms with Gasteiger partial charge in [0.2, 0.25) is 0 Å². The molecule has 0 aliphatic rings. The molecule has 1 N–H and O–H groups in total. The van der Waals surface area contributed by atoms with Crippen molar-refractivity contribution in [2.24, 2.45) is 0 Å². The Morgan fingerprint density at radius 2 is 1.93 bits per heavy atom. The number of carbonyl (C=O) groups excluding carboxylic acids is 1. The number of rotatable bonds is 5. The number of aromatic nitrogens is 2. The van der Waals surface area contributed by atoms with Gasteiger partial charge in [0.15, 0.2) is 10.9 Å². The van der Waals surface area contributed by atoms with Crippen molar-refractivity contribution in [3.05, 3.63) is 81.1 Å². The third-order valence-corrected chi connectivity index (χ3v) is 5.43.